The number of benzene rings is 4. The molecule has 4 heteroatoms. The smallest absolute Gasteiger partial charge is 0.456 e. The summed E-state index contributed by atoms with van der Waals surface area (Å²) >= 11 is 0. The van der Waals surface area contributed by atoms with Gasteiger partial charge in [0.15, 0.2) is 0 Å². The molecule has 3 nitrogen and oxygen atoms in total. The topological polar surface area (TPSA) is 31.6 Å². The fraction of sp³-hybridized carbons (Fsp3) is 0.200. The molecular formula is C30H27BO3. The fourth-order valence-corrected chi connectivity index (χ4v) is 4.82. The molecule has 0 radical (unpaired) electrons. The van der Waals surface area contributed by atoms with Gasteiger partial charge in [0.05, 0.1) is 11.2 Å². The van der Waals surface area contributed by atoms with Gasteiger partial charge in [-0.2, -0.15) is 0 Å². The maximum Gasteiger partial charge on any atom is 0.498 e. The lowest BCUT2D eigenvalue weighted by Gasteiger charge is -2.32. The average Bonchev–Trinajstić information content (AvgIpc) is 3.33. The van der Waals surface area contributed by atoms with Crippen molar-refractivity contribution >= 4 is 34.5 Å². The maximum absolute atomic E-state index is 6.48. The molecule has 1 saturated heterocycles. The van der Waals surface area contributed by atoms with E-state index in [9.17, 15) is 0 Å². The molecule has 5 aromatic rings. The van der Waals surface area contributed by atoms with Gasteiger partial charge in [-0.15, -0.1) is 0 Å². The normalized spacial score (nSPS) is 17.0. The second-order valence-electron chi connectivity index (χ2n) is 10.0. The van der Waals surface area contributed by atoms with Crippen LogP contribution in [0.25, 0.3) is 44.2 Å². The zero-order valence-corrected chi connectivity index (χ0v) is 20.0. The van der Waals surface area contributed by atoms with Gasteiger partial charge >= 0.3 is 7.12 Å². The molecule has 0 N–H and O–H groups in total. The SMILES string of the molecule is CC1(C)OB(c2ccc(-c3ccccc3-c3ccccc3)c3c2oc2ccccc23)OC1(C)C. The Morgan fingerprint density at radius 3 is 1.94 bits per heavy atom. The molecule has 0 unspecified atom stereocenters. The van der Waals surface area contributed by atoms with E-state index in [1.54, 1.807) is 0 Å². The van der Waals surface area contributed by atoms with E-state index in [1.165, 1.54) is 16.7 Å². The van der Waals surface area contributed by atoms with Crippen molar-refractivity contribution in [2.24, 2.45) is 0 Å². The average molecular weight is 446 g/mol. The van der Waals surface area contributed by atoms with Crippen molar-refractivity contribution in [3.63, 3.8) is 0 Å². The van der Waals surface area contributed by atoms with Gasteiger partial charge in [0.1, 0.15) is 11.2 Å². The minimum Gasteiger partial charge on any atom is -0.456 e. The molecule has 4 aromatic carbocycles. The van der Waals surface area contributed by atoms with Crippen LogP contribution in [0.2, 0.25) is 0 Å². The molecular weight excluding hydrogens is 419 g/mol. The summed E-state index contributed by atoms with van der Waals surface area (Å²) in [6.07, 6.45) is 0. The Balaban J connectivity index is 1.62. The molecule has 0 amide bonds. The summed E-state index contributed by atoms with van der Waals surface area (Å²) in [6.45, 7) is 8.31. The number of fused-ring (bicyclic) bond motifs is 3. The Kier molecular flexibility index (Phi) is 4.74. The number of rotatable bonds is 3. The lowest BCUT2D eigenvalue weighted by Crippen LogP contribution is -2.41. The van der Waals surface area contributed by atoms with Gasteiger partial charge in [-0.3, -0.25) is 0 Å². The van der Waals surface area contributed by atoms with E-state index < -0.39 is 18.3 Å². The van der Waals surface area contributed by atoms with Crippen LogP contribution in [0.5, 0.6) is 0 Å². The second-order valence-corrected chi connectivity index (χ2v) is 10.0. The summed E-state index contributed by atoms with van der Waals surface area (Å²) in [5.41, 5.74) is 6.45. The van der Waals surface area contributed by atoms with Crippen LogP contribution in [0.3, 0.4) is 0 Å². The lowest BCUT2D eigenvalue weighted by atomic mass is 9.76. The van der Waals surface area contributed by atoms with Crippen LogP contribution in [0.4, 0.5) is 0 Å². The summed E-state index contributed by atoms with van der Waals surface area (Å²) in [5.74, 6) is 0. The van der Waals surface area contributed by atoms with Crippen molar-refractivity contribution in [3.8, 4) is 22.3 Å². The van der Waals surface area contributed by atoms with E-state index in [4.69, 9.17) is 13.7 Å². The predicted octanol–water partition coefficient (Wildman–Crippen LogP) is 7.22. The quantitative estimate of drug-likeness (QED) is 0.274. The molecule has 0 aliphatic carbocycles. The lowest BCUT2D eigenvalue weighted by molar-refractivity contribution is 0.00578. The summed E-state index contributed by atoms with van der Waals surface area (Å²) in [4.78, 5) is 0. The molecule has 2 heterocycles. The van der Waals surface area contributed by atoms with Gasteiger partial charge < -0.3 is 13.7 Å². The number of para-hydroxylation sites is 1. The van der Waals surface area contributed by atoms with Crippen LogP contribution < -0.4 is 5.46 Å². The Bertz CT molecular complexity index is 1500. The molecule has 0 saturated carbocycles. The first kappa shape index (κ1) is 21.2. The highest BCUT2D eigenvalue weighted by Gasteiger charge is 2.52. The summed E-state index contributed by atoms with van der Waals surface area (Å²) < 4.78 is 19.3. The van der Waals surface area contributed by atoms with Crippen molar-refractivity contribution in [2.75, 3.05) is 0 Å². The van der Waals surface area contributed by atoms with E-state index in [1.807, 2.05) is 18.2 Å². The highest BCUT2D eigenvalue weighted by atomic mass is 16.7. The highest BCUT2D eigenvalue weighted by molar-refractivity contribution is 6.65. The van der Waals surface area contributed by atoms with Gasteiger partial charge in [0, 0.05) is 16.2 Å². The first-order valence-corrected chi connectivity index (χ1v) is 11.8. The molecule has 1 fully saturated rings. The third kappa shape index (κ3) is 3.21. The summed E-state index contributed by atoms with van der Waals surface area (Å²) in [7, 11) is -0.494. The second kappa shape index (κ2) is 7.59. The van der Waals surface area contributed by atoms with Gasteiger partial charge in [0.25, 0.3) is 0 Å². The number of hydrogen-bond acceptors (Lipinski definition) is 3. The van der Waals surface area contributed by atoms with Crippen molar-refractivity contribution in [2.45, 2.75) is 38.9 Å². The van der Waals surface area contributed by atoms with E-state index in [0.29, 0.717) is 0 Å². The third-order valence-corrected chi connectivity index (χ3v) is 7.37. The van der Waals surface area contributed by atoms with Crippen molar-refractivity contribution < 1.29 is 13.7 Å². The van der Waals surface area contributed by atoms with Crippen LogP contribution in [-0.4, -0.2) is 18.3 Å². The van der Waals surface area contributed by atoms with Gasteiger partial charge in [0.2, 0.25) is 0 Å². The Morgan fingerprint density at radius 1 is 0.588 bits per heavy atom. The van der Waals surface area contributed by atoms with Crippen LogP contribution in [0.15, 0.2) is 95.4 Å². The minimum absolute atomic E-state index is 0.422. The first-order valence-electron chi connectivity index (χ1n) is 11.8. The van der Waals surface area contributed by atoms with Gasteiger partial charge in [-0.25, -0.2) is 0 Å². The number of furan rings is 1. The summed E-state index contributed by atoms with van der Waals surface area (Å²) in [6, 6.07) is 31.6. The largest absolute Gasteiger partial charge is 0.498 e. The van der Waals surface area contributed by atoms with Crippen LogP contribution >= 0.6 is 0 Å². The van der Waals surface area contributed by atoms with Crippen LogP contribution in [-0.2, 0) is 9.31 Å². The molecule has 1 aromatic heterocycles. The van der Waals surface area contributed by atoms with E-state index in [0.717, 1.165) is 33.0 Å². The molecule has 0 bridgehead atoms. The predicted molar refractivity (Wildman–Crippen MR) is 140 cm³/mol. The fourth-order valence-electron chi connectivity index (χ4n) is 4.82. The Hall–Kier alpha value is -3.34. The molecule has 1 aliphatic heterocycles. The van der Waals surface area contributed by atoms with E-state index >= 15 is 0 Å². The summed E-state index contributed by atoms with van der Waals surface area (Å²) in [5, 5.41) is 2.18. The molecule has 1 aliphatic rings. The maximum atomic E-state index is 6.48. The van der Waals surface area contributed by atoms with Crippen molar-refractivity contribution in [1.29, 1.82) is 0 Å². The van der Waals surface area contributed by atoms with Gasteiger partial charge in [-0.1, -0.05) is 84.9 Å². The van der Waals surface area contributed by atoms with Gasteiger partial charge in [-0.05, 0) is 56.0 Å². The highest BCUT2D eigenvalue weighted by Crippen LogP contribution is 2.42. The standard InChI is InChI=1S/C30H27BO3/c1-29(2)30(3,4)34-31(33-29)25-19-18-23(27-24-16-10-11-17-26(24)32-28(25)27)22-15-9-8-14-21(22)20-12-6-5-7-13-20/h5-19H,1-4H3. The molecule has 34 heavy (non-hydrogen) atoms. The van der Waals surface area contributed by atoms with Crippen molar-refractivity contribution in [3.05, 3.63) is 91.0 Å². The molecule has 6 rings (SSSR count). The Labute approximate surface area is 200 Å². The zero-order valence-electron chi connectivity index (χ0n) is 20.0. The van der Waals surface area contributed by atoms with Crippen LogP contribution in [0.1, 0.15) is 27.7 Å². The van der Waals surface area contributed by atoms with E-state index in [-0.39, 0.29) is 0 Å². The monoisotopic (exact) mass is 446 g/mol. The minimum atomic E-state index is -0.494. The van der Waals surface area contributed by atoms with Crippen LogP contribution in [0, 0.1) is 0 Å². The van der Waals surface area contributed by atoms with E-state index in [2.05, 4.69) is 100 Å². The van der Waals surface area contributed by atoms with Crippen molar-refractivity contribution in [1.82, 2.24) is 0 Å². The Morgan fingerprint density at radius 2 is 1.21 bits per heavy atom. The molecule has 168 valence electrons. The third-order valence-electron chi connectivity index (χ3n) is 7.37. The zero-order chi connectivity index (χ0) is 23.5. The molecule has 0 spiro atoms. The first-order chi connectivity index (χ1) is 16.4. The molecule has 0 atom stereocenters. The number of hydrogen-bond donors (Lipinski definition) is 0.